The highest BCUT2D eigenvalue weighted by Crippen LogP contribution is 2.26. The number of rotatable bonds is 7. The van der Waals surface area contributed by atoms with Crippen molar-refractivity contribution >= 4 is 23.9 Å². The van der Waals surface area contributed by atoms with Gasteiger partial charge in [0.2, 0.25) is 0 Å². The Hall–Kier alpha value is -1.34. The van der Waals surface area contributed by atoms with Gasteiger partial charge in [-0.15, -0.1) is 0 Å². The number of hydrogen-bond donors (Lipinski definition) is 2. The van der Waals surface area contributed by atoms with Crippen LogP contribution in [0.1, 0.15) is 0 Å². The van der Waals surface area contributed by atoms with E-state index in [0.29, 0.717) is 13.2 Å². The molecule has 4 nitrogen and oxygen atoms in total. The molecule has 0 unspecified atom stereocenters. The third kappa shape index (κ3) is 4.08. The molecule has 6 heteroatoms. The maximum Gasteiger partial charge on any atom is 0.134 e. The standard InChI is InChI=1S/C14H16N2O2S2/c15-19-13-7-3-1-5-11(13)17-9-10-18-12-6-2-4-8-14(12)20-16/h1-8H,9-10,15-16H2. The molecule has 0 aromatic heterocycles. The molecule has 0 saturated heterocycles. The molecule has 0 radical (unpaired) electrons. The highest BCUT2D eigenvalue weighted by molar-refractivity contribution is 7.97. The molecule has 20 heavy (non-hydrogen) atoms. The van der Waals surface area contributed by atoms with Crippen LogP contribution in [0, 0.1) is 0 Å². The van der Waals surface area contributed by atoms with Crippen molar-refractivity contribution < 1.29 is 9.47 Å². The van der Waals surface area contributed by atoms with Crippen molar-refractivity contribution in [1.29, 1.82) is 0 Å². The Bertz CT molecular complexity index is 503. The van der Waals surface area contributed by atoms with E-state index in [2.05, 4.69) is 0 Å². The second-order valence-electron chi connectivity index (χ2n) is 3.83. The number of benzene rings is 2. The van der Waals surface area contributed by atoms with Gasteiger partial charge in [-0.3, -0.25) is 10.3 Å². The van der Waals surface area contributed by atoms with Gasteiger partial charge in [-0.2, -0.15) is 0 Å². The van der Waals surface area contributed by atoms with E-state index in [0.717, 1.165) is 21.3 Å². The number of hydrogen-bond acceptors (Lipinski definition) is 6. The van der Waals surface area contributed by atoms with Crippen molar-refractivity contribution in [2.24, 2.45) is 10.3 Å². The van der Waals surface area contributed by atoms with Crippen molar-refractivity contribution in [2.45, 2.75) is 9.79 Å². The summed E-state index contributed by atoms with van der Waals surface area (Å²) in [6.07, 6.45) is 0. The summed E-state index contributed by atoms with van der Waals surface area (Å²) in [6.45, 7) is 0.891. The summed E-state index contributed by atoms with van der Waals surface area (Å²) < 4.78 is 11.3. The zero-order valence-electron chi connectivity index (χ0n) is 10.8. The Morgan fingerprint density at radius 1 is 0.700 bits per heavy atom. The van der Waals surface area contributed by atoms with Crippen molar-refractivity contribution in [3.63, 3.8) is 0 Å². The van der Waals surface area contributed by atoms with Crippen LogP contribution in [0.3, 0.4) is 0 Å². The van der Waals surface area contributed by atoms with Crippen LogP contribution in [0.5, 0.6) is 11.5 Å². The van der Waals surface area contributed by atoms with E-state index in [9.17, 15) is 0 Å². The molecule has 2 aromatic rings. The fraction of sp³-hybridized carbons (Fsp3) is 0.143. The van der Waals surface area contributed by atoms with Gasteiger partial charge in [-0.05, 0) is 48.2 Å². The summed E-state index contributed by atoms with van der Waals surface area (Å²) in [6, 6.07) is 15.3. The Kier molecular flexibility index (Phi) is 6.07. The van der Waals surface area contributed by atoms with Gasteiger partial charge in [-0.1, -0.05) is 24.3 Å². The lowest BCUT2D eigenvalue weighted by Gasteiger charge is -2.12. The predicted octanol–water partition coefficient (Wildman–Crippen LogP) is 3.08. The largest absolute Gasteiger partial charge is 0.489 e. The lowest BCUT2D eigenvalue weighted by molar-refractivity contribution is 0.211. The third-order valence-corrected chi connectivity index (χ3v) is 3.73. The minimum Gasteiger partial charge on any atom is -0.489 e. The third-order valence-electron chi connectivity index (χ3n) is 2.55. The maximum atomic E-state index is 5.66. The minimum absolute atomic E-state index is 0.446. The molecule has 106 valence electrons. The van der Waals surface area contributed by atoms with Crippen LogP contribution in [0.2, 0.25) is 0 Å². The minimum atomic E-state index is 0.446. The van der Waals surface area contributed by atoms with Gasteiger partial charge in [0.25, 0.3) is 0 Å². The van der Waals surface area contributed by atoms with Crippen molar-refractivity contribution in [2.75, 3.05) is 13.2 Å². The lowest BCUT2D eigenvalue weighted by Crippen LogP contribution is -2.10. The Balaban J connectivity index is 1.84. The summed E-state index contributed by atoms with van der Waals surface area (Å²) in [5.74, 6) is 1.54. The second-order valence-corrected chi connectivity index (χ2v) is 5.18. The number of nitrogens with two attached hydrogens (primary N) is 2. The van der Waals surface area contributed by atoms with Gasteiger partial charge >= 0.3 is 0 Å². The van der Waals surface area contributed by atoms with Crippen molar-refractivity contribution in [3.8, 4) is 11.5 Å². The molecule has 0 bridgehead atoms. The normalized spacial score (nSPS) is 10.3. The molecule has 4 N–H and O–H groups in total. The molecule has 0 aliphatic carbocycles. The van der Waals surface area contributed by atoms with Gasteiger partial charge in [-0.25, -0.2) is 0 Å². The average Bonchev–Trinajstić information content (AvgIpc) is 2.52. The molecule has 0 atom stereocenters. The maximum absolute atomic E-state index is 5.66. The van der Waals surface area contributed by atoms with Gasteiger partial charge in [0.15, 0.2) is 0 Å². The first kappa shape index (κ1) is 15.1. The van der Waals surface area contributed by atoms with Gasteiger partial charge in [0.1, 0.15) is 24.7 Å². The summed E-state index contributed by atoms with van der Waals surface area (Å²) in [5.41, 5.74) is 0. The Morgan fingerprint density at radius 2 is 1.10 bits per heavy atom. The fourth-order valence-electron chi connectivity index (χ4n) is 1.64. The molecule has 0 aliphatic rings. The quantitative estimate of drug-likeness (QED) is 0.605. The molecule has 0 saturated carbocycles. The number of ether oxygens (including phenoxy) is 2. The van der Waals surface area contributed by atoms with E-state index in [1.54, 1.807) is 0 Å². The van der Waals surface area contributed by atoms with Crippen LogP contribution < -0.4 is 19.8 Å². The molecule has 2 aromatic carbocycles. The average molecular weight is 308 g/mol. The highest BCUT2D eigenvalue weighted by Gasteiger charge is 2.04. The summed E-state index contributed by atoms with van der Waals surface area (Å²) in [7, 11) is 0. The molecule has 0 fully saturated rings. The molecule has 0 spiro atoms. The van der Waals surface area contributed by atoms with E-state index in [1.165, 1.54) is 23.9 Å². The van der Waals surface area contributed by atoms with Gasteiger partial charge < -0.3 is 9.47 Å². The van der Waals surface area contributed by atoms with E-state index in [-0.39, 0.29) is 0 Å². The van der Waals surface area contributed by atoms with E-state index in [4.69, 9.17) is 19.8 Å². The van der Waals surface area contributed by atoms with Crippen LogP contribution in [0.15, 0.2) is 58.3 Å². The molecule has 2 rings (SSSR count). The summed E-state index contributed by atoms with van der Waals surface area (Å²) in [4.78, 5) is 1.82. The zero-order chi connectivity index (χ0) is 14.2. The van der Waals surface area contributed by atoms with Gasteiger partial charge in [0, 0.05) is 0 Å². The Labute approximate surface area is 127 Å². The molecule has 0 amide bonds. The SMILES string of the molecule is NSc1ccccc1OCCOc1ccccc1SN. The smallest absolute Gasteiger partial charge is 0.134 e. The lowest BCUT2D eigenvalue weighted by atomic mass is 10.3. The fourth-order valence-corrected chi connectivity index (χ4v) is 2.44. The second kappa shape index (κ2) is 8.06. The molecule has 0 aliphatic heterocycles. The van der Waals surface area contributed by atoms with Crippen molar-refractivity contribution in [1.82, 2.24) is 0 Å². The van der Waals surface area contributed by atoms with Crippen LogP contribution >= 0.6 is 23.9 Å². The topological polar surface area (TPSA) is 70.5 Å². The predicted molar refractivity (Wildman–Crippen MR) is 84.0 cm³/mol. The van der Waals surface area contributed by atoms with Crippen LogP contribution in [-0.4, -0.2) is 13.2 Å². The Morgan fingerprint density at radius 3 is 1.50 bits per heavy atom. The number of para-hydroxylation sites is 2. The van der Waals surface area contributed by atoms with E-state index < -0.39 is 0 Å². The molecular weight excluding hydrogens is 292 g/mol. The van der Waals surface area contributed by atoms with Crippen molar-refractivity contribution in [3.05, 3.63) is 48.5 Å². The molecule has 0 heterocycles. The zero-order valence-corrected chi connectivity index (χ0v) is 12.5. The van der Waals surface area contributed by atoms with Crippen LogP contribution in [0.25, 0.3) is 0 Å². The van der Waals surface area contributed by atoms with E-state index in [1.807, 2.05) is 48.5 Å². The van der Waals surface area contributed by atoms with Gasteiger partial charge in [0.05, 0.1) is 9.79 Å². The summed E-state index contributed by atoms with van der Waals surface area (Å²) in [5, 5.41) is 11.1. The first-order chi connectivity index (χ1) is 9.85. The van der Waals surface area contributed by atoms with E-state index >= 15 is 0 Å². The first-order valence-electron chi connectivity index (χ1n) is 6.02. The van der Waals surface area contributed by atoms with Crippen LogP contribution in [-0.2, 0) is 0 Å². The first-order valence-corrected chi connectivity index (χ1v) is 7.78. The molecular formula is C14H16N2O2S2. The monoisotopic (exact) mass is 308 g/mol. The highest BCUT2D eigenvalue weighted by atomic mass is 32.2. The van der Waals surface area contributed by atoms with Crippen LogP contribution in [0.4, 0.5) is 0 Å². The summed E-state index contributed by atoms with van der Waals surface area (Å²) >= 11 is 2.34.